The maximum absolute atomic E-state index is 11.7. The monoisotopic (exact) mass is 593 g/mol. The van der Waals surface area contributed by atoms with Crippen molar-refractivity contribution in [2.45, 2.75) is 213 Å². The summed E-state index contributed by atoms with van der Waals surface area (Å²) >= 11 is 0. The minimum atomic E-state index is -0.478. The van der Waals surface area contributed by atoms with Crippen LogP contribution in [0.2, 0.25) is 0 Å². The zero-order chi connectivity index (χ0) is 30.6. The van der Waals surface area contributed by atoms with Crippen LogP contribution in [0.5, 0.6) is 0 Å². The van der Waals surface area contributed by atoms with Crippen LogP contribution < -0.4 is 0 Å². The molecule has 0 aromatic rings. The van der Waals surface area contributed by atoms with Crippen LogP contribution in [0.1, 0.15) is 213 Å². The molecule has 0 aliphatic heterocycles. The molecule has 42 heavy (non-hydrogen) atoms. The van der Waals surface area contributed by atoms with E-state index in [-0.39, 0.29) is 0 Å². The van der Waals surface area contributed by atoms with Gasteiger partial charge in [-0.05, 0) is 44.4 Å². The highest BCUT2D eigenvalue weighted by atomic mass is 16.7. The van der Waals surface area contributed by atoms with Crippen molar-refractivity contribution in [1.29, 1.82) is 0 Å². The predicted octanol–water partition coefficient (Wildman–Crippen LogP) is 14.1. The van der Waals surface area contributed by atoms with E-state index in [9.17, 15) is 4.79 Å². The fourth-order valence-electron chi connectivity index (χ4n) is 5.65. The van der Waals surface area contributed by atoms with E-state index in [4.69, 9.17) is 9.47 Å². The first-order valence-electron chi connectivity index (χ1n) is 19.1. The van der Waals surface area contributed by atoms with Gasteiger partial charge in [0.15, 0.2) is 0 Å². The van der Waals surface area contributed by atoms with E-state index in [1.54, 1.807) is 0 Å². The van der Waals surface area contributed by atoms with Gasteiger partial charge in [0, 0.05) is 0 Å². The molecular formula is C39H76O3. The Morgan fingerprint density at radius 1 is 0.452 bits per heavy atom. The molecular weight excluding hydrogens is 516 g/mol. The van der Waals surface area contributed by atoms with E-state index in [2.05, 4.69) is 32.9 Å². The summed E-state index contributed by atoms with van der Waals surface area (Å²) in [7, 11) is 0. The molecule has 0 amide bonds. The Balaban J connectivity index is 3.18. The molecule has 0 N–H and O–H groups in total. The molecule has 3 nitrogen and oxygen atoms in total. The normalized spacial score (nSPS) is 11.6. The SMILES string of the molecule is CCCCCCCC/C=C\CCCCCCCCOC(=O)OCCCCCCCCCCCCCCCCCC(C)C. The minimum Gasteiger partial charge on any atom is -0.434 e. The first-order valence-corrected chi connectivity index (χ1v) is 19.1. The van der Waals surface area contributed by atoms with Crippen molar-refractivity contribution < 1.29 is 14.3 Å². The van der Waals surface area contributed by atoms with Crippen molar-refractivity contribution in [1.82, 2.24) is 0 Å². The maximum atomic E-state index is 11.7. The summed E-state index contributed by atoms with van der Waals surface area (Å²) in [6.45, 7) is 7.94. The van der Waals surface area contributed by atoms with Crippen LogP contribution >= 0.6 is 0 Å². The number of rotatable bonds is 34. The van der Waals surface area contributed by atoms with Crippen molar-refractivity contribution in [3.05, 3.63) is 12.2 Å². The molecule has 0 spiro atoms. The van der Waals surface area contributed by atoms with E-state index in [1.165, 1.54) is 167 Å². The third kappa shape index (κ3) is 37.0. The van der Waals surface area contributed by atoms with Gasteiger partial charge in [-0.1, -0.05) is 187 Å². The molecule has 0 fully saturated rings. The topological polar surface area (TPSA) is 35.5 Å². The van der Waals surface area contributed by atoms with E-state index < -0.39 is 6.16 Å². The highest BCUT2D eigenvalue weighted by Gasteiger charge is 2.03. The zero-order valence-corrected chi connectivity index (χ0v) is 29.1. The Morgan fingerprint density at radius 3 is 1.12 bits per heavy atom. The third-order valence-electron chi connectivity index (χ3n) is 8.52. The molecule has 0 aromatic heterocycles. The molecule has 0 bridgehead atoms. The fraction of sp³-hybridized carbons (Fsp3) is 0.923. The van der Waals surface area contributed by atoms with E-state index >= 15 is 0 Å². The van der Waals surface area contributed by atoms with E-state index in [0.717, 1.165) is 31.6 Å². The Morgan fingerprint density at radius 2 is 0.762 bits per heavy atom. The first-order chi connectivity index (χ1) is 20.7. The molecule has 0 saturated carbocycles. The Bertz CT molecular complexity index is 542. The van der Waals surface area contributed by atoms with Crippen molar-refractivity contribution in [2.75, 3.05) is 13.2 Å². The number of carbonyl (C=O) groups is 1. The van der Waals surface area contributed by atoms with Crippen LogP contribution in [0, 0.1) is 5.92 Å². The van der Waals surface area contributed by atoms with Crippen molar-refractivity contribution in [2.24, 2.45) is 5.92 Å². The highest BCUT2D eigenvalue weighted by Crippen LogP contribution is 2.15. The van der Waals surface area contributed by atoms with Gasteiger partial charge in [-0.25, -0.2) is 4.79 Å². The summed E-state index contributed by atoms with van der Waals surface area (Å²) < 4.78 is 10.5. The standard InChI is InChI=1S/C39H76O3/c1-4-5-6-7-8-9-10-11-12-15-18-21-24-27-30-33-36-41-39(40)42-37-34-31-28-25-22-19-16-13-14-17-20-23-26-29-32-35-38(2)3/h11-12,38H,4-10,13-37H2,1-3H3/b12-11-. The first kappa shape index (κ1) is 41.0. The molecule has 0 rings (SSSR count). The Labute approximate surface area is 264 Å². The Kier molecular flexibility index (Phi) is 35.3. The largest absolute Gasteiger partial charge is 0.508 e. The number of allylic oxidation sites excluding steroid dienone is 2. The van der Waals surface area contributed by atoms with Gasteiger partial charge in [-0.2, -0.15) is 0 Å². The van der Waals surface area contributed by atoms with Gasteiger partial charge in [0.25, 0.3) is 0 Å². The summed E-state index contributed by atoms with van der Waals surface area (Å²) in [6, 6.07) is 0. The number of hydrogen-bond acceptors (Lipinski definition) is 3. The zero-order valence-electron chi connectivity index (χ0n) is 29.1. The highest BCUT2D eigenvalue weighted by molar-refractivity contribution is 5.59. The molecule has 0 aliphatic carbocycles. The van der Waals surface area contributed by atoms with Crippen molar-refractivity contribution in [3.8, 4) is 0 Å². The summed E-state index contributed by atoms with van der Waals surface area (Å²) in [4.78, 5) is 11.7. The van der Waals surface area contributed by atoms with E-state index in [0.29, 0.717) is 13.2 Å². The number of unbranched alkanes of at least 4 members (excludes halogenated alkanes) is 26. The number of carbonyl (C=O) groups excluding carboxylic acids is 1. The smallest absolute Gasteiger partial charge is 0.434 e. The molecule has 3 heteroatoms. The fourth-order valence-corrected chi connectivity index (χ4v) is 5.65. The van der Waals surface area contributed by atoms with Gasteiger partial charge in [-0.15, -0.1) is 0 Å². The predicted molar refractivity (Wildman–Crippen MR) is 185 cm³/mol. The summed E-state index contributed by atoms with van der Waals surface area (Å²) in [5, 5.41) is 0. The molecule has 0 radical (unpaired) electrons. The van der Waals surface area contributed by atoms with Gasteiger partial charge in [-0.3, -0.25) is 0 Å². The van der Waals surface area contributed by atoms with Gasteiger partial charge < -0.3 is 9.47 Å². The van der Waals surface area contributed by atoms with Crippen LogP contribution in [0.4, 0.5) is 4.79 Å². The molecule has 0 atom stereocenters. The summed E-state index contributed by atoms with van der Waals surface area (Å²) in [6.07, 6.45) is 44.0. The minimum absolute atomic E-state index is 0.478. The van der Waals surface area contributed by atoms with Crippen molar-refractivity contribution >= 4 is 6.16 Å². The quantitative estimate of drug-likeness (QED) is 0.0423. The van der Waals surface area contributed by atoms with E-state index in [1.807, 2.05) is 0 Å². The summed E-state index contributed by atoms with van der Waals surface area (Å²) in [5.41, 5.74) is 0. The second kappa shape index (κ2) is 36.2. The molecule has 0 unspecified atom stereocenters. The lowest BCUT2D eigenvalue weighted by molar-refractivity contribution is 0.0529. The summed E-state index contributed by atoms with van der Waals surface area (Å²) in [5.74, 6) is 0.872. The lowest BCUT2D eigenvalue weighted by Crippen LogP contribution is -2.09. The average Bonchev–Trinajstić information content (AvgIpc) is 2.98. The average molecular weight is 593 g/mol. The van der Waals surface area contributed by atoms with Crippen LogP contribution in [0.25, 0.3) is 0 Å². The number of ether oxygens (including phenoxy) is 2. The van der Waals surface area contributed by atoms with Crippen LogP contribution in [0.15, 0.2) is 12.2 Å². The third-order valence-corrected chi connectivity index (χ3v) is 8.52. The number of hydrogen-bond donors (Lipinski definition) is 0. The van der Waals surface area contributed by atoms with Crippen molar-refractivity contribution in [3.63, 3.8) is 0 Å². The lowest BCUT2D eigenvalue weighted by Gasteiger charge is -2.07. The van der Waals surface area contributed by atoms with Gasteiger partial charge >= 0.3 is 6.16 Å². The molecule has 0 aliphatic rings. The molecule has 0 heterocycles. The van der Waals surface area contributed by atoms with Gasteiger partial charge in [0.05, 0.1) is 13.2 Å². The molecule has 0 aromatic carbocycles. The lowest BCUT2D eigenvalue weighted by atomic mass is 10.0. The second-order valence-corrected chi connectivity index (χ2v) is 13.4. The maximum Gasteiger partial charge on any atom is 0.508 e. The Hall–Kier alpha value is -0.990. The van der Waals surface area contributed by atoms with Crippen LogP contribution in [-0.2, 0) is 9.47 Å². The van der Waals surface area contributed by atoms with Crippen LogP contribution in [-0.4, -0.2) is 19.4 Å². The van der Waals surface area contributed by atoms with Crippen LogP contribution in [0.3, 0.4) is 0 Å². The second-order valence-electron chi connectivity index (χ2n) is 13.4. The van der Waals surface area contributed by atoms with Gasteiger partial charge in [0.1, 0.15) is 0 Å². The molecule has 250 valence electrons. The molecule has 0 saturated heterocycles. The van der Waals surface area contributed by atoms with Gasteiger partial charge in [0.2, 0.25) is 0 Å².